The van der Waals surface area contributed by atoms with E-state index in [1.165, 1.54) is 0 Å². The molecular weight excluding hydrogens is 366 g/mol. The number of carbonyl (C=O) groups excluding carboxylic acids is 2. The Labute approximate surface area is 171 Å². The van der Waals surface area contributed by atoms with Gasteiger partial charge in [-0.15, -0.1) is 0 Å². The molecule has 1 spiro atoms. The number of anilines is 2. The van der Waals surface area contributed by atoms with E-state index in [1.807, 2.05) is 61.5 Å². The smallest absolute Gasteiger partial charge is 0.321 e. The van der Waals surface area contributed by atoms with Crippen molar-refractivity contribution in [1.82, 2.24) is 4.90 Å². The van der Waals surface area contributed by atoms with E-state index in [9.17, 15) is 9.59 Å². The Balaban J connectivity index is 1.50. The van der Waals surface area contributed by atoms with E-state index in [2.05, 4.69) is 10.6 Å². The minimum Gasteiger partial charge on any atom is -0.381 e. The second-order valence-corrected chi connectivity index (χ2v) is 8.06. The maximum absolute atomic E-state index is 13.1. The van der Waals surface area contributed by atoms with Gasteiger partial charge in [-0.1, -0.05) is 35.9 Å². The molecule has 2 fully saturated rings. The molecule has 2 heterocycles. The normalized spacial score (nSPS) is 20.4. The quantitative estimate of drug-likeness (QED) is 0.831. The van der Waals surface area contributed by atoms with Crippen molar-refractivity contribution in [2.45, 2.75) is 19.8 Å². The molecule has 6 nitrogen and oxygen atoms in total. The molecule has 0 aliphatic carbocycles. The summed E-state index contributed by atoms with van der Waals surface area (Å²) in [5.41, 5.74) is 2.45. The highest BCUT2D eigenvalue weighted by Gasteiger charge is 2.51. The van der Waals surface area contributed by atoms with Gasteiger partial charge in [0.05, 0.1) is 5.92 Å². The molecule has 3 amide bonds. The summed E-state index contributed by atoms with van der Waals surface area (Å²) < 4.78 is 5.55. The third kappa shape index (κ3) is 4.27. The average Bonchev–Trinajstić information content (AvgIpc) is 3.10. The molecule has 2 saturated heterocycles. The molecule has 2 aliphatic rings. The van der Waals surface area contributed by atoms with Crippen LogP contribution in [0.4, 0.5) is 16.2 Å². The zero-order valence-electron chi connectivity index (χ0n) is 16.7. The Morgan fingerprint density at radius 2 is 1.62 bits per heavy atom. The topological polar surface area (TPSA) is 70.7 Å². The summed E-state index contributed by atoms with van der Waals surface area (Å²) in [4.78, 5) is 27.8. The number of likely N-dealkylation sites (tertiary alicyclic amines) is 1. The summed E-state index contributed by atoms with van der Waals surface area (Å²) >= 11 is 0. The van der Waals surface area contributed by atoms with Crippen molar-refractivity contribution in [3.63, 3.8) is 0 Å². The van der Waals surface area contributed by atoms with E-state index in [-0.39, 0.29) is 23.3 Å². The van der Waals surface area contributed by atoms with Gasteiger partial charge in [0.1, 0.15) is 0 Å². The van der Waals surface area contributed by atoms with Crippen LogP contribution >= 0.6 is 0 Å². The monoisotopic (exact) mass is 393 g/mol. The fourth-order valence-electron chi connectivity index (χ4n) is 4.36. The lowest BCUT2D eigenvalue weighted by Crippen LogP contribution is -2.42. The highest BCUT2D eigenvalue weighted by Crippen LogP contribution is 2.45. The summed E-state index contributed by atoms with van der Waals surface area (Å²) in [7, 11) is 0. The second-order valence-electron chi connectivity index (χ2n) is 8.06. The number of carbonyl (C=O) groups is 2. The molecule has 2 aromatic carbocycles. The number of ether oxygens (including phenoxy) is 1. The summed E-state index contributed by atoms with van der Waals surface area (Å²) in [5.74, 6) is -0.279. The molecular formula is C23H27N3O3. The molecule has 1 unspecified atom stereocenters. The maximum atomic E-state index is 13.1. The molecule has 4 rings (SSSR count). The Kier molecular flexibility index (Phi) is 5.53. The van der Waals surface area contributed by atoms with Crippen LogP contribution in [0.5, 0.6) is 0 Å². The first-order valence-corrected chi connectivity index (χ1v) is 10.1. The third-order valence-corrected chi connectivity index (χ3v) is 6.08. The van der Waals surface area contributed by atoms with Crippen molar-refractivity contribution >= 4 is 23.3 Å². The largest absolute Gasteiger partial charge is 0.381 e. The Hall–Kier alpha value is -2.86. The van der Waals surface area contributed by atoms with E-state index in [0.717, 1.165) is 29.8 Å². The van der Waals surface area contributed by atoms with Crippen LogP contribution < -0.4 is 10.6 Å². The fourth-order valence-corrected chi connectivity index (χ4v) is 4.36. The molecule has 0 radical (unpaired) electrons. The maximum Gasteiger partial charge on any atom is 0.321 e. The molecule has 0 saturated carbocycles. The van der Waals surface area contributed by atoms with E-state index in [4.69, 9.17) is 4.74 Å². The van der Waals surface area contributed by atoms with Crippen molar-refractivity contribution in [3.8, 4) is 0 Å². The van der Waals surface area contributed by atoms with Crippen LogP contribution in [0.1, 0.15) is 18.4 Å². The van der Waals surface area contributed by atoms with Crippen LogP contribution in [0.3, 0.4) is 0 Å². The second kappa shape index (κ2) is 8.25. The van der Waals surface area contributed by atoms with Gasteiger partial charge in [-0.3, -0.25) is 4.79 Å². The number of hydrogen-bond acceptors (Lipinski definition) is 3. The van der Waals surface area contributed by atoms with E-state index in [1.54, 1.807) is 4.90 Å². The van der Waals surface area contributed by atoms with Gasteiger partial charge in [-0.25, -0.2) is 4.79 Å². The minimum atomic E-state index is -0.254. The van der Waals surface area contributed by atoms with Crippen LogP contribution in [-0.4, -0.2) is 43.1 Å². The SMILES string of the molecule is Cc1ccc(NC(=O)N2CC(C(=O)Nc3ccccc3)C3(CCOCC3)C2)cc1. The van der Waals surface area contributed by atoms with Gasteiger partial charge in [-0.2, -0.15) is 0 Å². The van der Waals surface area contributed by atoms with Crippen molar-refractivity contribution < 1.29 is 14.3 Å². The molecule has 2 aromatic rings. The Bertz CT molecular complexity index is 861. The number of para-hydroxylation sites is 1. The summed E-state index contributed by atoms with van der Waals surface area (Å²) in [6, 6.07) is 17.0. The molecule has 2 N–H and O–H groups in total. The van der Waals surface area contributed by atoms with Gasteiger partial charge in [-0.05, 0) is 44.0 Å². The number of benzene rings is 2. The molecule has 1 atom stereocenters. The zero-order chi connectivity index (χ0) is 20.3. The third-order valence-electron chi connectivity index (χ3n) is 6.08. The number of amides is 3. The lowest BCUT2D eigenvalue weighted by atomic mass is 9.71. The molecule has 0 aromatic heterocycles. The zero-order valence-corrected chi connectivity index (χ0v) is 16.7. The van der Waals surface area contributed by atoms with E-state index < -0.39 is 0 Å². The number of rotatable bonds is 3. The van der Waals surface area contributed by atoms with Crippen molar-refractivity contribution in [1.29, 1.82) is 0 Å². The summed E-state index contributed by atoms with van der Waals surface area (Å²) in [6.07, 6.45) is 1.57. The summed E-state index contributed by atoms with van der Waals surface area (Å²) in [6.45, 7) is 4.25. The number of hydrogen-bond donors (Lipinski definition) is 2. The van der Waals surface area contributed by atoms with E-state index >= 15 is 0 Å². The number of nitrogens with zero attached hydrogens (tertiary/aromatic N) is 1. The molecule has 29 heavy (non-hydrogen) atoms. The van der Waals surface area contributed by atoms with E-state index in [0.29, 0.717) is 26.3 Å². The van der Waals surface area contributed by atoms with Crippen molar-refractivity contribution in [3.05, 3.63) is 60.2 Å². The lowest BCUT2D eigenvalue weighted by Gasteiger charge is -2.37. The summed E-state index contributed by atoms with van der Waals surface area (Å²) in [5, 5.41) is 6.00. The minimum absolute atomic E-state index is 0.0243. The van der Waals surface area contributed by atoms with Crippen LogP contribution in [0.25, 0.3) is 0 Å². The first-order chi connectivity index (χ1) is 14.1. The van der Waals surface area contributed by atoms with Crippen LogP contribution in [0.15, 0.2) is 54.6 Å². The highest BCUT2D eigenvalue weighted by atomic mass is 16.5. The average molecular weight is 393 g/mol. The molecule has 2 aliphatic heterocycles. The van der Waals surface area contributed by atoms with Gasteiger partial charge < -0.3 is 20.3 Å². The Morgan fingerprint density at radius 3 is 2.31 bits per heavy atom. The Morgan fingerprint density at radius 1 is 0.966 bits per heavy atom. The number of nitrogens with one attached hydrogen (secondary N) is 2. The van der Waals surface area contributed by atoms with Gasteiger partial charge >= 0.3 is 6.03 Å². The lowest BCUT2D eigenvalue weighted by molar-refractivity contribution is -0.124. The fraction of sp³-hybridized carbons (Fsp3) is 0.391. The standard InChI is InChI=1S/C23H27N3O3/c1-17-7-9-19(10-8-17)25-22(28)26-15-20(23(16-26)11-13-29-14-12-23)21(27)24-18-5-3-2-4-6-18/h2-10,20H,11-16H2,1H3,(H,24,27)(H,25,28). The molecule has 152 valence electrons. The van der Waals surface area contributed by atoms with Gasteiger partial charge in [0.15, 0.2) is 0 Å². The van der Waals surface area contributed by atoms with Gasteiger partial charge in [0.25, 0.3) is 0 Å². The molecule has 0 bridgehead atoms. The van der Waals surface area contributed by atoms with Crippen molar-refractivity contribution in [2.75, 3.05) is 36.9 Å². The van der Waals surface area contributed by atoms with Gasteiger partial charge in [0.2, 0.25) is 5.91 Å². The predicted molar refractivity (Wildman–Crippen MR) is 113 cm³/mol. The van der Waals surface area contributed by atoms with Gasteiger partial charge in [0, 0.05) is 43.1 Å². The van der Waals surface area contributed by atoms with Crippen LogP contribution in [0.2, 0.25) is 0 Å². The number of urea groups is 1. The van der Waals surface area contributed by atoms with Crippen LogP contribution in [0, 0.1) is 18.3 Å². The first kappa shape index (κ1) is 19.5. The highest BCUT2D eigenvalue weighted by molar-refractivity contribution is 5.95. The van der Waals surface area contributed by atoms with Crippen LogP contribution in [-0.2, 0) is 9.53 Å². The predicted octanol–water partition coefficient (Wildman–Crippen LogP) is 3.89. The first-order valence-electron chi connectivity index (χ1n) is 10.1. The molecule has 6 heteroatoms. The van der Waals surface area contributed by atoms with Crippen molar-refractivity contribution in [2.24, 2.45) is 11.3 Å². The number of aryl methyl sites for hydroxylation is 1.